The van der Waals surface area contributed by atoms with Crippen molar-refractivity contribution in [1.29, 1.82) is 0 Å². The number of amides is 2. The lowest BCUT2D eigenvalue weighted by Crippen LogP contribution is -2.41. The minimum Gasteiger partial charge on any atom is -0.301 e. The Morgan fingerprint density at radius 3 is 2.16 bits per heavy atom. The highest BCUT2D eigenvalue weighted by Crippen LogP contribution is 2.24. The summed E-state index contributed by atoms with van der Waals surface area (Å²) in [5.74, 6) is -1.19. The number of hydroxylamine groups is 2. The van der Waals surface area contributed by atoms with Gasteiger partial charge in [0.25, 0.3) is 5.91 Å². The van der Waals surface area contributed by atoms with Crippen LogP contribution in [0.3, 0.4) is 0 Å². The molecule has 1 N–H and O–H groups in total. The second kappa shape index (κ2) is 6.54. The summed E-state index contributed by atoms with van der Waals surface area (Å²) in [6.45, 7) is 3.46. The van der Waals surface area contributed by atoms with Crippen molar-refractivity contribution >= 4 is 29.1 Å². The van der Waals surface area contributed by atoms with Gasteiger partial charge in [-0.05, 0) is 25.0 Å². The fourth-order valence-corrected chi connectivity index (χ4v) is 1.98. The third-order valence-corrected chi connectivity index (χ3v) is 3.01. The zero-order valence-corrected chi connectivity index (χ0v) is 11.9. The molecule has 0 saturated heterocycles. The van der Waals surface area contributed by atoms with Crippen LogP contribution in [-0.2, 0) is 9.59 Å². The van der Waals surface area contributed by atoms with E-state index in [1.165, 1.54) is 11.9 Å². The number of benzene rings is 1. The fourth-order valence-electron chi connectivity index (χ4n) is 1.83. The van der Waals surface area contributed by atoms with Gasteiger partial charge in [-0.2, -0.15) is 0 Å². The van der Waals surface area contributed by atoms with Gasteiger partial charge in [0.15, 0.2) is 0 Å². The summed E-state index contributed by atoms with van der Waals surface area (Å²) in [5, 5.41) is 9.58. The predicted molar refractivity (Wildman–Crippen MR) is 73.5 cm³/mol. The third kappa shape index (κ3) is 3.68. The SMILES string of the molecule is Cc1cccc(C)c1N(CC(=O)N(C)O)C(=O)CCl. The molecule has 2 amide bonds. The van der Waals surface area contributed by atoms with Crippen LogP contribution in [-0.4, -0.2) is 41.6 Å². The van der Waals surface area contributed by atoms with Crippen LogP contribution in [0.5, 0.6) is 0 Å². The van der Waals surface area contributed by atoms with Crippen LogP contribution >= 0.6 is 11.6 Å². The molecule has 0 heterocycles. The zero-order valence-electron chi connectivity index (χ0n) is 11.2. The van der Waals surface area contributed by atoms with Gasteiger partial charge >= 0.3 is 0 Å². The van der Waals surface area contributed by atoms with Crippen LogP contribution in [0.2, 0.25) is 0 Å². The highest BCUT2D eigenvalue weighted by molar-refractivity contribution is 6.29. The van der Waals surface area contributed by atoms with E-state index in [0.29, 0.717) is 10.8 Å². The van der Waals surface area contributed by atoms with E-state index in [-0.39, 0.29) is 18.3 Å². The first-order valence-corrected chi connectivity index (χ1v) is 6.30. The van der Waals surface area contributed by atoms with Gasteiger partial charge in [0.05, 0.1) is 5.69 Å². The van der Waals surface area contributed by atoms with Crippen molar-refractivity contribution in [2.75, 3.05) is 24.4 Å². The van der Waals surface area contributed by atoms with Crippen LogP contribution in [0.25, 0.3) is 0 Å². The Morgan fingerprint density at radius 1 is 1.21 bits per heavy atom. The molecule has 1 aromatic rings. The third-order valence-electron chi connectivity index (χ3n) is 2.78. The minimum atomic E-state index is -0.582. The summed E-state index contributed by atoms with van der Waals surface area (Å²) in [4.78, 5) is 24.8. The molecule has 0 aromatic heterocycles. The van der Waals surface area contributed by atoms with Crippen molar-refractivity contribution in [3.05, 3.63) is 29.3 Å². The number of nitrogens with zero attached hydrogens (tertiary/aromatic N) is 2. The minimum absolute atomic E-state index is 0.226. The Bertz CT molecular complexity index is 469. The maximum Gasteiger partial charge on any atom is 0.265 e. The average molecular weight is 285 g/mol. The molecule has 0 fully saturated rings. The Balaban J connectivity index is 3.17. The number of anilines is 1. The number of aryl methyl sites for hydroxylation is 2. The van der Waals surface area contributed by atoms with E-state index in [2.05, 4.69) is 0 Å². The molecular formula is C13H17ClN2O3. The largest absolute Gasteiger partial charge is 0.301 e. The van der Waals surface area contributed by atoms with E-state index in [0.717, 1.165) is 11.1 Å². The Kier molecular flexibility index (Phi) is 5.32. The topological polar surface area (TPSA) is 60.9 Å². The summed E-state index contributed by atoms with van der Waals surface area (Å²) < 4.78 is 0. The number of hydrogen-bond acceptors (Lipinski definition) is 3. The van der Waals surface area contributed by atoms with Gasteiger partial charge in [-0.3, -0.25) is 14.8 Å². The second-order valence-electron chi connectivity index (χ2n) is 4.27. The Labute approximate surface area is 117 Å². The molecule has 0 saturated carbocycles. The molecule has 0 unspecified atom stereocenters. The molecule has 19 heavy (non-hydrogen) atoms. The molecule has 0 atom stereocenters. The van der Waals surface area contributed by atoms with Crippen LogP contribution in [0.1, 0.15) is 11.1 Å². The molecule has 6 heteroatoms. The lowest BCUT2D eigenvalue weighted by molar-refractivity contribution is -0.157. The van der Waals surface area contributed by atoms with Crippen molar-refractivity contribution in [1.82, 2.24) is 5.06 Å². The van der Waals surface area contributed by atoms with Gasteiger partial charge in [0.2, 0.25) is 5.91 Å². The van der Waals surface area contributed by atoms with Gasteiger partial charge in [-0.15, -0.1) is 11.6 Å². The summed E-state index contributed by atoms with van der Waals surface area (Å²) in [5.41, 5.74) is 2.39. The van der Waals surface area contributed by atoms with Crippen LogP contribution in [0, 0.1) is 13.8 Å². The lowest BCUT2D eigenvalue weighted by Gasteiger charge is -2.25. The maximum absolute atomic E-state index is 11.9. The number of halogens is 1. The van der Waals surface area contributed by atoms with Crippen LogP contribution in [0.4, 0.5) is 5.69 Å². The first-order valence-electron chi connectivity index (χ1n) is 5.76. The molecule has 0 aliphatic rings. The zero-order chi connectivity index (χ0) is 14.6. The molecule has 0 aliphatic heterocycles. The molecule has 0 spiro atoms. The molecule has 1 rings (SSSR count). The number of likely N-dealkylation sites (N-methyl/N-ethyl adjacent to an activating group) is 1. The molecule has 104 valence electrons. The second-order valence-corrected chi connectivity index (χ2v) is 4.54. The molecule has 1 aromatic carbocycles. The molecule has 5 nitrogen and oxygen atoms in total. The van der Waals surface area contributed by atoms with E-state index in [1.54, 1.807) is 0 Å². The predicted octanol–water partition coefficient (Wildman–Crippen LogP) is 1.72. The van der Waals surface area contributed by atoms with Gasteiger partial charge in [-0.25, -0.2) is 5.06 Å². The number of carbonyl (C=O) groups excluding carboxylic acids is 2. The Hall–Kier alpha value is -1.59. The number of rotatable bonds is 4. The van der Waals surface area contributed by atoms with Crippen LogP contribution < -0.4 is 4.90 Å². The summed E-state index contributed by atoms with van der Waals surface area (Å²) in [6, 6.07) is 5.57. The van der Waals surface area contributed by atoms with Crippen LogP contribution in [0.15, 0.2) is 18.2 Å². The van der Waals surface area contributed by atoms with Gasteiger partial charge in [0, 0.05) is 7.05 Å². The summed E-state index contributed by atoms with van der Waals surface area (Å²) >= 11 is 5.59. The normalized spacial score (nSPS) is 10.2. The van der Waals surface area contributed by atoms with Crippen molar-refractivity contribution in [3.63, 3.8) is 0 Å². The van der Waals surface area contributed by atoms with Crippen molar-refractivity contribution < 1.29 is 14.8 Å². The summed E-state index contributed by atoms with van der Waals surface area (Å²) in [6.07, 6.45) is 0. The summed E-state index contributed by atoms with van der Waals surface area (Å²) in [7, 11) is 1.22. The number of para-hydroxylation sites is 1. The number of alkyl halides is 1. The number of carbonyl (C=O) groups is 2. The van der Waals surface area contributed by atoms with Crippen molar-refractivity contribution in [2.45, 2.75) is 13.8 Å². The lowest BCUT2D eigenvalue weighted by atomic mass is 10.1. The average Bonchev–Trinajstić information content (AvgIpc) is 2.35. The molecule has 0 aliphatic carbocycles. The molecule has 0 radical (unpaired) electrons. The van der Waals surface area contributed by atoms with Gasteiger partial charge in [0.1, 0.15) is 12.4 Å². The molecule has 0 bridgehead atoms. The van der Waals surface area contributed by atoms with E-state index in [4.69, 9.17) is 16.8 Å². The highest BCUT2D eigenvalue weighted by Gasteiger charge is 2.22. The van der Waals surface area contributed by atoms with Crippen molar-refractivity contribution in [2.24, 2.45) is 0 Å². The fraction of sp³-hybridized carbons (Fsp3) is 0.385. The van der Waals surface area contributed by atoms with Gasteiger partial charge in [-0.1, -0.05) is 18.2 Å². The standard InChI is InChI=1S/C13H17ClN2O3/c1-9-5-4-6-10(2)13(9)16(11(17)7-14)8-12(18)15(3)19/h4-6,19H,7-8H2,1-3H3. The highest BCUT2D eigenvalue weighted by atomic mass is 35.5. The van der Waals surface area contributed by atoms with Gasteiger partial charge < -0.3 is 4.90 Å². The van der Waals surface area contributed by atoms with E-state index < -0.39 is 5.91 Å². The maximum atomic E-state index is 11.9. The number of hydrogen-bond donors (Lipinski definition) is 1. The molecular weight excluding hydrogens is 268 g/mol. The first kappa shape index (κ1) is 15.5. The van der Waals surface area contributed by atoms with Crippen molar-refractivity contribution in [3.8, 4) is 0 Å². The monoisotopic (exact) mass is 284 g/mol. The Morgan fingerprint density at radius 2 is 1.74 bits per heavy atom. The van der Waals surface area contributed by atoms with E-state index >= 15 is 0 Å². The van der Waals surface area contributed by atoms with E-state index in [9.17, 15) is 9.59 Å². The quantitative estimate of drug-likeness (QED) is 0.520. The smallest absolute Gasteiger partial charge is 0.265 e. The van der Waals surface area contributed by atoms with E-state index in [1.807, 2.05) is 32.0 Å². The first-order chi connectivity index (χ1) is 8.88.